The molecule has 49 heavy (non-hydrogen) atoms. The van der Waals surface area contributed by atoms with Crippen LogP contribution in [0.5, 0.6) is 0 Å². The number of amides is 2. The molecule has 14 nitrogen and oxygen atoms in total. The largest absolute Gasteiger partial charge is 1.00 e. The smallest absolute Gasteiger partial charge is 0.870 e. The number of piperidine rings is 4. The summed E-state index contributed by atoms with van der Waals surface area (Å²) in [6, 6.07) is 18.4. The van der Waals surface area contributed by atoms with E-state index in [0.717, 1.165) is 17.5 Å². The van der Waals surface area contributed by atoms with E-state index in [1.807, 2.05) is 60.7 Å². The normalized spacial score (nSPS) is 31.9. The first-order valence-electron chi connectivity index (χ1n) is 15.6. The van der Waals surface area contributed by atoms with Crippen LogP contribution in [0.1, 0.15) is 24.0 Å². The molecule has 10 rings (SSSR count). The van der Waals surface area contributed by atoms with Gasteiger partial charge < -0.3 is 39.3 Å². The predicted molar refractivity (Wildman–Crippen MR) is 168 cm³/mol. The third-order valence-electron chi connectivity index (χ3n) is 9.74. The second-order valence-corrected chi connectivity index (χ2v) is 13.6. The average molecular weight is 758 g/mol. The molecule has 2 saturated carbocycles. The van der Waals surface area contributed by atoms with Gasteiger partial charge in [-0.3, -0.25) is 14.8 Å². The van der Waals surface area contributed by atoms with E-state index in [1.54, 1.807) is 9.80 Å². The van der Waals surface area contributed by atoms with Crippen LogP contribution in [0, 0.1) is 23.7 Å². The standard InChI is InChI=1S/C16H16BrNO4.C16H17NO5.CH4O2.Na.H2O/c17-12-10-6-11-13(14(12)22-15(11)19)18(7-10)16(20)21-8-9-4-2-1-3-5-9;18-15(19)11-6-10-7-17(12(11)14-13(10)22-14)16(20)21-8-9-4-2-1-3-5-9;1-3-2;;/h1-5,10-14H,6-8H2;1-5,10-14H,6-8H2,(H,18,19);2H,1H3;;1H2/q;;;+1;/p-1. The monoisotopic (exact) mass is 756 g/mol. The van der Waals surface area contributed by atoms with Crippen LogP contribution in [0.25, 0.3) is 0 Å². The van der Waals surface area contributed by atoms with E-state index in [0.29, 0.717) is 19.5 Å². The summed E-state index contributed by atoms with van der Waals surface area (Å²) in [5.41, 5.74) is 1.86. The molecule has 3 N–H and O–H groups in total. The molecule has 8 fully saturated rings. The van der Waals surface area contributed by atoms with Crippen LogP contribution >= 0.6 is 15.9 Å². The molecule has 16 heteroatoms. The Balaban J connectivity index is 0.000000197. The second-order valence-electron chi connectivity index (χ2n) is 12.5. The van der Waals surface area contributed by atoms with Crippen LogP contribution < -0.4 is 29.6 Å². The first kappa shape index (κ1) is 39.0. The van der Waals surface area contributed by atoms with E-state index < -0.39 is 24.0 Å². The Labute approximate surface area is 313 Å². The summed E-state index contributed by atoms with van der Waals surface area (Å²) in [6.07, 6.45) is 0.345. The molecule has 10 atom stereocenters. The molecule has 260 valence electrons. The van der Waals surface area contributed by atoms with E-state index in [2.05, 4.69) is 20.8 Å². The van der Waals surface area contributed by atoms with E-state index in [-0.39, 0.29) is 107 Å². The van der Waals surface area contributed by atoms with E-state index in [4.69, 9.17) is 24.2 Å². The number of carbonyl (C=O) groups is 4. The Bertz CT molecular complexity index is 1400. The van der Waals surface area contributed by atoms with Gasteiger partial charge in [0.25, 0.3) is 0 Å². The van der Waals surface area contributed by atoms with E-state index in [1.165, 1.54) is 7.11 Å². The average Bonchev–Trinajstić information content (AvgIpc) is 3.87. The number of fused-ring (bicyclic) bond motifs is 3. The summed E-state index contributed by atoms with van der Waals surface area (Å²) in [5, 5.41) is 16.4. The summed E-state index contributed by atoms with van der Waals surface area (Å²) >= 11 is 3.62. The quantitative estimate of drug-likeness (QED) is 0.0829. The number of alkyl halides is 1. The number of aliphatic carboxylic acids is 1. The topological polar surface area (TPSA) is 195 Å². The van der Waals surface area contributed by atoms with Gasteiger partial charge in [0.2, 0.25) is 0 Å². The molecule has 6 saturated heterocycles. The molecule has 6 aliphatic heterocycles. The zero-order valence-electron chi connectivity index (χ0n) is 27.1. The Morgan fingerprint density at radius 2 is 1.35 bits per heavy atom. The number of nitrogens with zero attached hydrogens (tertiary/aromatic N) is 2. The first-order valence-corrected chi connectivity index (χ1v) is 16.5. The van der Waals surface area contributed by atoms with Gasteiger partial charge in [0.1, 0.15) is 25.4 Å². The molecular weight excluding hydrogens is 719 g/mol. The van der Waals surface area contributed by atoms with Crippen molar-refractivity contribution in [2.24, 2.45) is 23.7 Å². The van der Waals surface area contributed by atoms with Gasteiger partial charge in [-0.25, -0.2) is 14.5 Å². The van der Waals surface area contributed by atoms with Crippen molar-refractivity contribution in [3.63, 3.8) is 0 Å². The van der Waals surface area contributed by atoms with Crippen LogP contribution in [0.15, 0.2) is 60.7 Å². The number of esters is 1. The van der Waals surface area contributed by atoms with Gasteiger partial charge in [0.15, 0.2) is 0 Å². The fourth-order valence-electron chi connectivity index (χ4n) is 7.63. The number of epoxide rings is 1. The molecule has 10 unspecified atom stereocenters. The number of carboxylic acid groups (broad SMARTS) is 1. The van der Waals surface area contributed by atoms with Crippen molar-refractivity contribution in [3.05, 3.63) is 71.8 Å². The molecule has 2 aromatic carbocycles. The van der Waals surface area contributed by atoms with Crippen LogP contribution in [0.3, 0.4) is 0 Å². The number of carboxylic acids is 1. The molecule has 2 aromatic rings. The molecule has 0 radical (unpaired) electrons. The van der Waals surface area contributed by atoms with Crippen LogP contribution in [-0.4, -0.2) is 105 Å². The van der Waals surface area contributed by atoms with E-state index in [9.17, 15) is 24.3 Å². The van der Waals surface area contributed by atoms with Crippen molar-refractivity contribution in [2.75, 3.05) is 20.2 Å². The van der Waals surface area contributed by atoms with Gasteiger partial charge in [-0.2, -0.15) is 0 Å². The van der Waals surface area contributed by atoms with E-state index >= 15 is 0 Å². The molecule has 2 amide bonds. The maximum absolute atomic E-state index is 12.4. The van der Waals surface area contributed by atoms with Gasteiger partial charge in [-0.05, 0) is 29.9 Å². The Morgan fingerprint density at radius 1 is 0.837 bits per heavy atom. The van der Waals surface area contributed by atoms with Crippen LogP contribution in [0.4, 0.5) is 9.59 Å². The fourth-order valence-corrected chi connectivity index (χ4v) is 8.43. The predicted octanol–water partition coefficient (Wildman–Crippen LogP) is 0.761. The molecule has 8 aliphatic rings. The van der Waals surface area contributed by atoms with Gasteiger partial charge in [0.05, 0.1) is 42.0 Å². The first-order chi connectivity index (χ1) is 22.7. The van der Waals surface area contributed by atoms with Gasteiger partial charge in [-0.1, -0.05) is 76.6 Å². The summed E-state index contributed by atoms with van der Waals surface area (Å²) in [4.78, 5) is 54.7. The number of rotatable bonds is 5. The molecule has 2 aliphatic carbocycles. The van der Waals surface area contributed by atoms with Crippen molar-refractivity contribution in [3.8, 4) is 0 Å². The zero-order valence-corrected chi connectivity index (χ0v) is 30.7. The van der Waals surface area contributed by atoms with Crippen LogP contribution in [-0.2, 0) is 46.6 Å². The summed E-state index contributed by atoms with van der Waals surface area (Å²) in [6.45, 7) is 1.59. The van der Waals surface area contributed by atoms with Gasteiger partial charge >= 0.3 is 53.7 Å². The van der Waals surface area contributed by atoms with Gasteiger partial charge in [-0.15, -0.1) is 0 Å². The van der Waals surface area contributed by atoms with Crippen molar-refractivity contribution >= 4 is 40.1 Å². The summed E-state index contributed by atoms with van der Waals surface area (Å²) in [5.74, 6) is -1.42. The van der Waals surface area contributed by atoms with Crippen LogP contribution in [0.2, 0.25) is 0 Å². The third kappa shape index (κ3) is 8.25. The van der Waals surface area contributed by atoms with Crippen molar-refractivity contribution in [1.29, 1.82) is 0 Å². The molecule has 6 bridgehead atoms. The Kier molecular flexibility index (Phi) is 13.5. The minimum atomic E-state index is -0.857. The molecule has 6 heterocycles. The molecule has 0 aromatic heterocycles. The zero-order chi connectivity index (χ0) is 33.2. The minimum absolute atomic E-state index is 0. The molecular formula is C33H38BrN2NaO12. The number of carbonyl (C=O) groups excluding carboxylic acids is 3. The second kappa shape index (κ2) is 17.0. The van der Waals surface area contributed by atoms with Crippen molar-refractivity contribution in [2.45, 2.75) is 61.3 Å². The number of ether oxygens (including phenoxy) is 4. The fraction of sp³-hybridized carbons (Fsp3) is 0.515. The SMILES string of the molecule is COO.O=C(O)C1CC2CN(C(=O)OCc3ccccc3)C1C1OC21.O=C1OC2C(Br)C3CC1C2N(C(=O)OCc1ccccc1)C3.[Na+].[OH-]. The molecule has 0 spiro atoms. The Hall–Kier alpha value is -2.76. The number of hydrogen-bond acceptors (Lipinski definition) is 11. The Morgan fingerprint density at radius 3 is 1.86 bits per heavy atom. The van der Waals surface area contributed by atoms with Crippen molar-refractivity contribution < 1.29 is 88.4 Å². The number of benzene rings is 2. The third-order valence-corrected chi connectivity index (χ3v) is 11.0. The van der Waals surface area contributed by atoms with Gasteiger partial charge in [0, 0.05) is 19.0 Å². The number of halogens is 1. The summed E-state index contributed by atoms with van der Waals surface area (Å²) < 4.78 is 21.8. The summed E-state index contributed by atoms with van der Waals surface area (Å²) in [7, 11) is 1.18. The maximum Gasteiger partial charge on any atom is 1.00 e. The minimum Gasteiger partial charge on any atom is -0.870 e. The maximum atomic E-state index is 12.4. The number of hydrogen-bond donors (Lipinski definition) is 2. The van der Waals surface area contributed by atoms with Crippen molar-refractivity contribution in [1.82, 2.24) is 9.80 Å².